The molecule has 0 spiro atoms. The fourth-order valence-corrected chi connectivity index (χ4v) is 4.76. The van der Waals surface area contributed by atoms with Crippen LogP contribution in [0.3, 0.4) is 0 Å². The molecule has 0 aromatic heterocycles. The van der Waals surface area contributed by atoms with E-state index in [1.165, 1.54) is 32.1 Å². The highest BCUT2D eigenvalue weighted by Gasteiger charge is 2.38. The lowest BCUT2D eigenvalue weighted by Gasteiger charge is -2.38. The number of β-amino-alcohol motifs (C(OH)–C–C–N with tert-alkyl or cyclic N) is 1. The minimum atomic E-state index is -0.266. The predicted octanol–water partition coefficient (Wildman–Crippen LogP) is 1.64. The van der Waals surface area contributed by atoms with Crippen LogP contribution in [0.5, 0.6) is 0 Å². The summed E-state index contributed by atoms with van der Waals surface area (Å²) in [5, 5.41) is 10.1. The molecular formula is C18H32N2O3. The molecule has 0 aromatic rings. The summed E-state index contributed by atoms with van der Waals surface area (Å²) in [5.74, 6) is 0.859. The van der Waals surface area contributed by atoms with Gasteiger partial charge in [0.15, 0.2) is 0 Å². The highest BCUT2D eigenvalue weighted by molar-refractivity contribution is 5.78. The lowest BCUT2D eigenvalue weighted by molar-refractivity contribution is -0.144. The van der Waals surface area contributed by atoms with E-state index in [0.29, 0.717) is 38.1 Å². The zero-order valence-corrected chi connectivity index (χ0v) is 14.6. The summed E-state index contributed by atoms with van der Waals surface area (Å²) < 4.78 is 5.72. The second-order valence-electron chi connectivity index (χ2n) is 7.84. The average molecular weight is 324 g/mol. The zero-order valence-electron chi connectivity index (χ0n) is 14.6. The molecule has 0 radical (unpaired) electrons. The van der Waals surface area contributed by atoms with Gasteiger partial charge in [0.1, 0.15) is 0 Å². The Balaban J connectivity index is 1.59. The highest BCUT2D eigenvalue weighted by atomic mass is 16.5. The van der Waals surface area contributed by atoms with E-state index in [-0.39, 0.29) is 24.2 Å². The number of hydrogen-bond acceptors (Lipinski definition) is 4. The van der Waals surface area contributed by atoms with E-state index in [1.54, 1.807) is 0 Å². The van der Waals surface area contributed by atoms with Crippen LogP contribution < -0.4 is 0 Å². The van der Waals surface area contributed by atoms with E-state index < -0.39 is 0 Å². The van der Waals surface area contributed by atoms with Crippen molar-refractivity contribution in [2.24, 2.45) is 5.92 Å². The standard InChI is InChI=1S/C18H32N2O3/c1-13-9-20(10-14(2)23-13)18(22)12-19-11-16(21)8-17(19)15-6-4-3-5-7-15/h13-17,21H,3-12H2,1-2H3/t13-,14+,16-,17-/m1/s1. The Morgan fingerprint density at radius 2 is 1.74 bits per heavy atom. The molecule has 0 aromatic carbocycles. The first-order chi connectivity index (χ1) is 11.0. The monoisotopic (exact) mass is 324 g/mol. The van der Waals surface area contributed by atoms with Gasteiger partial charge in [-0.2, -0.15) is 0 Å². The number of morpholine rings is 1. The number of rotatable bonds is 3. The topological polar surface area (TPSA) is 53.0 Å². The second-order valence-corrected chi connectivity index (χ2v) is 7.84. The molecule has 2 aliphatic heterocycles. The third kappa shape index (κ3) is 4.25. The Labute approximate surface area is 140 Å². The molecule has 3 fully saturated rings. The summed E-state index contributed by atoms with van der Waals surface area (Å²) in [7, 11) is 0. The Hall–Kier alpha value is -0.650. The van der Waals surface area contributed by atoms with Gasteiger partial charge in [0.2, 0.25) is 5.91 Å². The Kier molecular flexibility index (Phi) is 5.60. The molecule has 0 unspecified atom stereocenters. The fraction of sp³-hybridized carbons (Fsp3) is 0.944. The average Bonchev–Trinajstić information content (AvgIpc) is 2.87. The van der Waals surface area contributed by atoms with Crippen molar-refractivity contribution in [3.8, 4) is 0 Å². The van der Waals surface area contributed by atoms with E-state index in [9.17, 15) is 9.90 Å². The molecule has 2 saturated heterocycles. The van der Waals surface area contributed by atoms with E-state index >= 15 is 0 Å². The first-order valence-corrected chi connectivity index (χ1v) is 9.38. The normalized spacial score (nSPS) is 37.3. The van der Waals surface area contributed by atoms with Gasteiger partial charge in [-0.25, -0.2) is 0 Å². The maximum absolute atomic E-state index is 12.7. The Morgan fingerprint density at radius 1 is 1.09 bits per heavy atom. The third-order valence-corrected chi connectivity index (χ3v) is 5.73. The SMILES string of the molecule is C[C@@H]1CN(C(=O)CN2C[C@H](O)C[C@@H]2C2CCCCC2)C[C@H](C)O1. The number of aliphatic hydroxyl groups excluding tert-OH is 1. The summed E-state index contributed by atoms with van der Waals surface area (Å²) in [6, 6.07) is 0.394. The van der Waals surface area contributed by atoms with Gasteiger partial charge in [0, 0.05) is 25.7 Å². The van der Waals surface area contributed by atoms with Crippen molar-refractivity contribution >= 4 is 5.91 Å². The molecule has 1 N–H and O–H groups in total. The van der Waals surface area contributed by atoms with Gasteiger partial charge >= 0.3 is 0 Å². The minimum Gasteiger partial charge on any atom is -0.392 e. The van der Waals surface area contributed by atoms with Crippen molar-refractivity contribution in [3.63, 3.8) is 0 Å². The minimum absolute atomic E-state index is 0.112. The number of amides is 1. The number of carbonyl (C=O) groups excluding carboxylic acids is 1. The number of nitrogens with zero attached hydrogens (tertiary/aromatic N) is 2. The van der Waals surface area contributed by atoms with E-state index in [2.05, 4.69) is 4.90 Å². The molecule has 1 aliphatic carbocycles. The van der Waals surface area contributed by atoms with Crippen molar-refractivity contribution in [2.75, 3.05) is 26.2 Å². The fourth-order valence-electron chi connectivity index (χ4n) is 4.76. The van der Waals surface area contributed by atoms with Gasteiger partial charge in [-0.1, -0.05) is 19.3 Å². The molecule has 2 heterocycles. The van der Waals surface area contributed by atoms with Crippen LogP contribution in [0.15, 0.2) is 0 Å². The molecule has 0 bridgehead atoms. The van der Waals surface area contributed by atoms with Crippen LogP contribution in [-0.4, -0.2) is 71.3 Å². The molecule has 4 atom stereocenters. The Bertz CT molecular complexity index is 401. The van der Waals surface area contributed by atoms with Gasteiger partial charge in [0.25, 0.3) is 0 Å². The molecule has 1 amide bonds. The smallest absolute Gasteiger partial charge is 0.236 e. The molecule has 1 saturated carbocycles. The van der Waals surface area contributed by atoms with Gasteiger partial charge in [-0.15, -0.1) is 0 Å². The van der Waals surface area contributed by atoms with E-state index in [1.807, 2.05) is 18.7 Å². The number of ether oxygens (including phenoxy) is 1. The lowest BCUT2D eigenvalue weighted by atomic mass is 9.83. The maximum atomic E-state index is 12.7. The van der Waals surface area contributed by atoms with Crippen molar-refractivity contribution < 1.29 is 14.6 Å². The van der Waals surface area contributed by atoms with Crippen molar-refractivity contribution in [3.05, 3.63) is 0 Å². The van der Waals surface area contributed by atoms with Gasteiger partial charge in [0.05, 0.1) is 24.9 Å². The summed E-state index contributed by atoms with van der Waals surface area (Å²) in [5.41, 5.74) is 0. The van der Waals surface area contributed by atoms with Crippen LogP contribution in [0.2, 0.25) is 0 Å². The van der Waals surface area contributed by atoms with E-state index in [4.69, 9.17) is 4.74 Å². The largest absolute Gasteiger partial charge is 0.392 e. The van der Waals surface area contributed by atoms with Crippen LogP contribution in [0, 0.1) is 5.92 Å². The van der Waals surface area contributed by atoms with Crippen molar-refractivity contribution in [2.45, 2.75) is 76.7 Å². The van der Waals surface area contributed by atoms with Crippen molar-refractivity contribution in [1.29, 1.82) is 0 Å². The number of aliphatic hydroxyl groups is 1. The zero-order chi connectivity index (χ0) is 16.4. The molecule has 5 nitrogen and oxygen atoms in total. The summed E-state index contributed by atoms with van der Waals surface area (Å²) in [6.45, 7) is 6.54. The molecule has 23 heavy (non-hydrogen) atoms. The summed E-state index contributed by atoms with van der Waals surface area (Å²) >= 11 is 0. The second kappa shape index (κ2) is 7.49. The predicted molar refractivity (Wildman–Crippen MR) is 89.1 cm³/mol. The summed E-state index contributed by atoms with van der Waals surface area (Å²) in [6.07, 6.45) is 7.26. The number of likely N-dealkylation sites (tertiary alicyclic amines) is 1. The maximum Gasteiger partial charge on any atom is 0.236 e. The van der Waals surface area contributed by atoms with Gasteiger partial charge in [-0.05, 0) is 39.0 Å². The van der Waals surface area contributed by atoms with Crippen LogP contribution in [0.25, 0.3) is 0 Å². The third-order valence-electron chi connectivity index (χ3n) is 5.73. The first kappa shape index (κ1) is 17.2. The number of hydrogen-bond donors (Lipinski definition) is 1. The van der Waals surface area contributed by atoms with Gasteiger partial charge in [-0.3, -0.25) is 9.69 Å². The molecule has 3 aliphatic rings. The molecule has 132 valence electrons. The highest BCUT2D eigenvalue weighted by Crippen LogP contribution is 2.34. The number of carbonyl (C=O) groups is 1. The van der Waals surface area contributed by atoms with E-state index in [0.717, 1.165) is 6.42 Å². The molecular weight excluding hydrogens is 292 g/mol. The van der Waals surface area contributed by atoms with Crippen LogP contribution in [0.1, 0.15) is 52.4 Å². The lowest BCUT2D eigenvalue weighted by Crippen LogP contribution is -2.52. The molecule has 5 heteroatoms. The molecule has 3 rings (SSSR count). The van der Waals surface area contributed by atoms with Crippen LogP contribution >= 0.6 is 0 Å². The first-order valence-electron chi connectivity index (χ1n) is 9.38. The van der Waals surface area contributed by atoms with Crippen LogP contribution in [0.4, 0.5) is 0 Å². The van der Waals surface area contributed by atoms with Crippen LogP contribution in [-0.2, 0) is 9.53 Å². The summed E-state index contributed by atoms with van der Waals surface area (Å²) in [4.78, 5) is 16.9. The Morgan fingerprint density at radius 3 is 2.39 bits per heavy atom. The van der Waals surface area contributed by atoms with Gasteiger partial charge < -0.3 is 14.7 Å². The quantitative estimate of drug-likeness (QED) is 0.857. The van der Waals surface area contributed by atoms with Crippen molar-refractivity contribution in [1.82, 2.24) is 9.80 Å².